The van der Waals surface area contributed by atoms with Gasteiger partial charge in [-0.25, -0.2) is 4.79 Å². The first kappa shape index (κ1) is 17.1. The zero-order valence-corrected chi connectivity index (χ0v) is 12.2. The summed E-state index contributed by atoms with van der Waals surface area (Å²) in [6, 6.07) is 0. The first-order valence-corrected chi connectivity index (χ1v) is 5.72. The number of carbonyl (C=O) groups is 1. The molecule has 18 heavy (non-hydrogen) atoms. The van der Waals surface area contributed by atoms with Crippen molar-refractivity contribution in [1.82, 2.24) is 5.06 Å². The van der Waals surface area contributed by atoms with Crippen molar-refractivity contribution in [3.8, 4) is 0 Å². The lowest BCUT2D eigenvalue weighted by atomic mass is 10.4. The fourth-order valence-corrected chi connectivity index (χ4v) is 1.48. The molecule has 0 rings (SSSR count). The van der Waals surface area contributed by atoms with Crippen LogP contribution in [0.3, 0.4) is 0 Å². The van der Waals surface area contributed by atoms with Gasteiger partial charge in [0.2, 0.25) is 0 Å². The van der Waals surface area contributed by atoms with Crippen molar-refractivity contribution in [2.24, 2.45) is 5.73 Å². The second kappa shape index (κ2) is 6.86. The van der Waals surface area contributed by atoms with Gasteiger partial charge in [0.25, 0.3) is 0 Å². The Kier molecular flexibility index (Phi) is 6.50. The van der Waals surface area contributed by atoms with Crippen LogP contribution in [0.1, 0.15) is 6.42 Å². The topological polar surface area (TPSA) is 74.0 Å². The van der Waals surface area contributed by atoms with Gasteiger partial charge >= 0.3 is 6.09 Å². The highest BCUT2D eigenvalue weighted by atomic mass is 17.1. The Morgan fingerprint density at radius 2 is 1.78 bits per heavy atom. The molecule has 0 saturated heterocycles. The third kappa shape index (κ3) is 9.14. The number of primary amides is 1. The van der Waals surface area contributed by atoms with Crippen molar-refractivity contribution < 1.29 is 28.9 Å². The van der Waals surface area contributed by atoms with Crippen LogP contribution in [0, 0.1) is 0 Å². The molecule has 0 spiro atoms. The van der Waals surface area contributed by atoms with Crippen LogP contribution in [0.4, 0.5) is 4.79 Å². The maximum atomic E-state index is 10.5. The van der Waals surface area contributed by atoms with Gasteiger partial charge in [-0.2, -0.15) is 0 Å². The van der Waals surface area contributed by atoms with Crippen LogP contribution in [-0.4, -0.2) is 76.1 Å². The Morgan fingerprint density at radius 3 is 2.17 bits per heavy atom. The molecule has 8 heteroatoms. The summed E-state index contributed by atoms with van der Waals surface area (Å²) in [6.07, 6.45) is -0.196. The Labute approximate surface area is 108 Å². The molecule has 0 aliphatic heterocycles. The van der Waals surface area contributed by atoms with Crippen LogP contribution in [0.15, 0.2) is 0 Å². The highest BCUT2D eigenvalue weighted by molar-refractivity contribution is 5.64. The van der Waals surface area contributed by atoms with Gasteiger partial charge in [-0.1, -0.05) is 4.94 Å². The molecule has 108 valence electrons. The third-order valence-corrected chi connectivity index (χ3v) is 1.71. The molecule has 0 aliphatic rings. The first-order chi connectivity index (χ1) is 8.04. The van der Waals surface area contributed by atoms with Crippen LogP contribution < -0.4 is 5.73 Å². The second-order valence-corrected chi connectivity index (χ2v) is 5.12. The number of rotatable bonds is 8. The molecular weight excluding hydrogens is 240 g/mol. The molecular formula is C10H26N4O4+2. The molecule has 0 fully saturated rings. The van der Waals surface area contributed by atoms with Crippen LogP contribution in [0.25, 0.3) is 0 Å². The van der Waals surface area contributed by atoms with Gasteiger partial charge in [0, 0.05) is 30.3 Å². The van der Waals surface area contributed by atoms with Gasteiger partial charge in [0.1, 0.15) is 28.2 Å². The number of ether oxygens (including phenoxy) is 1. The predicted octanol–water partition coefficient (Wildman–Crippen LogP) is -0.121. The van der Waals surface area contributed by atoms with Crippen LogP contribution >= 0.6 is 0 Å². The Balaban J connectivity index is 4.34. The third-order valence-electron chi connectivity index (χ3n) is 1.71. The minimum atomic E-state index is -0.773. The number of nitrogens with two attached hydrogens (primary N) is 1. The van der Waals surface area contributed by atoms with Gasteiger partial charge in [0.15, 0.2) is 6.54 Å². The maximum Gasteiger partial charge on any atom is 0.404 e. The predicted molar refractivity (Wildman–Crippen MR) is 65.1 cm³/mol. The lowest BCUT2D eigenvalue weighted by Gasteiger charge is -2.32. The molecule has 2 N–H and O–H groups in total. The van der Waals surface area contributed by atoms with Gasteiger partial charge in [-0.05, 0) is 0 Å². The normalized spacial score (nSPS) is 15.5. The summed E-state index contributed by atoms with van der Waals surface area (Å²) in [7, 11) is 11.0. The largest absolute Gasteiger partial charge is 0.449 e. The molecule has 0 aromatic carbocycles. The van der Waals surface area contributed by atoms with E-state index in [1.807, 2.05) is 21.1 Å². The van der Waals surface area contributed by atoms with Crippen molar-refractivity contribution in [3.63, 3.8) is 0 Å². The summed E-state index contributed by atoms with van der Waals surface area (Å²) >= 11 is 0. The SMILES string of the molecule is CN(C)O[N+](C)(CCCOC(N)=O)O[N+](C)(C)C. The van der Waals surface area contributed by atoms with Crippen LogP contribution in [-0.2, 0) is 14.6 Å². The average molecular weight is 266 g/mol. The summed E-state index contributed by atoms with van der Waals surface area (Å²) in [6.45, 7) is 0.751. The zero-order chi connectivity index (χ0) is 14.4. The summed E-state index contributed by atoms with van der Waals surface area (Å²) < 4.78 is 4.95. The van der Waals surface area contributed by atoms with Gasteiger partial charge in [-0.3, -0.25) is 0 Å². The van der Waals surface area contributed by atoms with Crippen molar-refractivity contribution in [2.75, 3.05) is 55.4 Å². The van der Waals surface area contributed by atoms with Gasteiger partial charge in [-0.15, -0.1) is 9.71 Å². The van der Waals surface area contributed by atoms with Crippen LogP contribution in [0.5, 0.6) is 0 Å². The smallest absolute Gasteiger partial charge is 0.404 e. The number of carbonyl (C=O) groups excluding carboxylic acids is 1. The molecule has 0 aliphatic carbocycles. The highest BCUT2D eigenvalue weighted by Gasteiger charge is 2.36. The van der Waals surface area contributed by atoms with Crippen molar-refractivity contribution >= 4 is 6.09 Å². The van der Waals surface area contributed by atoms with E-state index in [2.05, 4.69) is 4.74 Å². The lowest BCUT2D eigenvalue weighted by Crippen LogP contribution is -2.56. The van der Waals surface area contributed by atoms with Crippen molar-refractivity contribution in [1.29, 1.82) is 0 Å². The summed E-state index contributed by atoms with van der Waals surface area (Å²) in [5, 5.41) is 1.56. The van der Waals surface area contributed by atoms with E-state index in [0.29, 0.717) is 13.0 Å². The number of hydrogen-bond donors (Lipinski definition) is 1. The van der Waals surface area contributed by atoms with E-state index in [1.165, 1.54) is 0 Å². The second-order valence-electron chi connectivity index (χ2n) is 5.12. The average Bonchev–Trinajstić information content (AvgIpc) is 2.07. The van der Waals surface area contributed by atoms with Gasteiger partial charge < -0.3 is 10.5 Å². The fourth-order valence-electron chi connectivity index (χ4n) is 1.48. The Hall–Kier alpha value is -0.930. The monoisotopic (exact) mass is 266 g/mol. The van der Waals surface area contributed by atoms with Crippen molar-refractivity contribution in [3.05, 3.63) is 0 Å². The van der Waals surface area contributed by atoms with E-state index in [0.717, 1.165) is 0 Å². The fraction of sp³-hybridized carbons (Fsp3) is 0.900. The van der Waals surface area contributed by atoms with Crippen molar-refractivity contribution in [2.45, 2.75) is 6.42 Å². The van der Waals surface area contributed by atoms with Gasteiger partial charge in [0.05, 0.1) is 6.61 Å². The molecule has 1 atom stereocenters. The number of nitrogens with zero attached hydrogens (tertiary/aromatic N) is 3. The minimum Gasteiger partial charge on any atom is -0.449 e. The standard InChI is InChI=1S/C10H25N4O4/c1-12(2)17-14(6,18-13(3,4)5)8-7-9-16-10(11)15/h7-9H2,1-6H3,(H-,11,15)/q+1/p+1. The summed E-state index contributed by atoms with van der Waals surface area (Å²) in [4.78, 5) is 21.7. The lowest BCUT2D eigenvalue weighted by molar-refractivity contribution is -1.40. The molecule has 8 nitrogen and oxygen atoms in total. The van der Waals surface area contributed by atoms with E-state index in [1.54, 1.807) is 26.2 Å². The molecule has 0 radical (unpaired) electrons. The minimum absolute atomic E-state index is 0.0847. The summed E-state index contributed by atoms with van der Waals surface area (Å²) in [5.41, 5.74) is 4.88. The molecule has 1 amide bonds. The molecule has 1 unspecified atom stereocenters. The molecule has 0 bridgehead atoms. The number of quaternary nitrogens is 2. The van der Waals surface area contributed by atoms with E-state index in [4.69, 9.17) is 15.6 Å². The molecule has 0 saturated carbocycles. The zero-order valence-electron chi connectivity index (χ0n) is 12.2. The van der Waals surface area contributed by atoms with E-state index in [-0.39, 0.29) is 16.1 Å². The molecule has 0 aromatic heterocycles. The van der Waals surface area contributed by atoms with Crippen LogP contribution in [0.2, 0.25) is 0 Å². The van der Waals surface area contributed by atoms with E-state index >= 15 is 0 Å². The number of hydrogen-bond acceptors (Lipinski definition) is 5. The Morgan fingerprint density at radius 1 is 1.22 bits per heavy atom. The molecule has 0 aromatic rings. The number of hydroxylamine groups is 9. The molecule has 0 heterocycles. The first-order valence-electron chi connectivity index (χ1n) is 5.72. The maximum absolute atomic E-state index is 10.5. The quantitative estimate of drug-likeness (QED) is 0.377. The Bertz CT molecular complexity index is 267. The number of amides is 1. The summed E-state index contributed by atoms with van der Waals surface area (Å²) in [5.74, 6) is 0. The highest BCUT2D eigenvalue weighted by Crippen LogP contribution is 2.13. The van der Waals surface area contributed by atoms with E-state index in [9.17, 15) is 4.79 Å². The van der Waals surface area contributed by atoms with E-state index < -0.39 is 6.09 Å².